The molecule has 1 aromatic heterocycles. The predicted octanol–water partition coefficient (Wildman–Crippen LogP) is -0.0396. The third-order valence-corrected chi connectivity index (χ3v) is 2.20. The molecule has 0 unspecified atom stereocenters. The highest BCUT2D eigenvalue weighted by Gasteiger charge is 2.25. The number of aromatic nitrogens is 2. The maximum absolute atomic E-state index is 5.65. The quantitative estimate of drug-likeness (QED) is 0.592. The average molecular weight is 179 g/mol. The second kappa shape index (κ2) is 3.18. The van der Waals surface area contributed by atoms with Gasteiger partial charge in [-0.15, -0.1) is 0 Å². The molecule has 2 rings (SSSR count). The molecule has 0 spiro atoms. The van der Waals surface area contributed by atoms with E-state index >= 15 is 0 Å². The summed E-state index contributed by atoms with van der Waals surface area (Å²) >= 11 is 0. The van der Waals surface area contributed by atoms with Crippen LogP contribution >= 0.6 is 0 Å². The highest BCUT2D eigenvalue weighted by Crippen LogP contribution is 2.21. The Hall–Kier alpha value is -1.36. The van der Waals surface area contributed by atoms with Crippen LogP contribution in [0.15, 0.2) is 12.3 Å². The Bertz CT molecular complexity index is 294. The number of hydrogen-bond donors (Lipinski definition) is 3. The van der Waals surface area contributed by atoms with Crippen LogP contribution in [-0.2, 0) is 0 Å². The average Bonchev–Trinajstić information content (AvgIpc) is 2.01. The van der Waals surface area contributed by atoms with E-state index in [9.17, 15) is 0 Å². The summed E-state index contributed by atoms with van der Waals surface area (Å²) in [7, 11) is 0. The lowest BCUT2D eigenvalue weighted by Gasteiger charge is -2.33. The molecule has 5 heteroatoms. The van der Waals surface area contributed by atoms with Gasteiger partial charge in [0.05, 0.1) is 0 Å². The lowest BCUT2D eigenvalue weighted by Crippen LogP contribution is -2.44. The number of nitrogen functional groups attached to an aromatic ring is 1. The molecule has 13 heavy (non-hydrogen) atoms. The number of nitrogens with one attached hydrogen (secondary N) is 1. The standard InChI is InChI=1S/C8H13N5/c9-5-3-6(4-5)12-7-1-2-11-8(10)13-7/h1-2,5-6H,3-4,9H2,(H3,10,11,12,13)/t5-,6+. The topological polar surface area (TPSA) is 89.8 Å². The maximum atomic E-state index is 5.65. The van der Waals surface area contributed by atoms with Gasteiger partial charge in [-0.05, 0) is 18.9 Å². The van der Waals surface area contributed by atoms with Crippen LogP contribution in [0.5, 0.6) is 0 Å². The Morgan fingerprint density at radius 3 is 2.85 bits per heavy atom. The maximum Gasteiger partial charge on any atom is 0.221 e. The van der Waals surface area contributed by atoms with Crippen molar-refractivity contribution in [3.8, 4) is 0 Å². The van der Waals surface area contributed by atoms with E-state index in [-0.39, 0.29) is 0 Å². The molecule has 1 saturated carbocycles. The Balaban J connectivity index is 1.94. The first-order valence-corrected chi connectivity index (χ1v) is 4.34. The van der Waals surface area contributed by atoms with E-state index in [4.69, 9.17) is 11.5 Å². The van der Waals surface area contributed by atoms with E-state index in [1.165, 1.54) is 0 Å². The van der Waals surface area contributed by atoms with Crippen molar-refractivity contribution in [1.82, 2.24) is 9.97 Å². The predicted molar refractivity (Wildman–Crippen MR) is 51.1 cm³/mol. The number of nitrogens with zero attached hydrogens (tertiary/aromatic N) is 2. The summed E-state index contributed by atoms with van der Waals surface area (Å²) in [6.07, 6.45) is 3.65. The van der Waals surface area contributed by atoms with Crippen molar-refractivity contribution in [2.75, 3.05) is 11.1 Å². The Morgan fingerprint density at radius 2 is 2.23 bits per heavy atom. The van der Waals surface area contributed by atoms with Crippen molar-refractivity contribution in [2.45, 2.75) is 24.9 Å². The molecular formula is C8H13N5. The van der Waals surface area contributed by atoms with Crippen LogP contribution in [0.2, 0.25) is 0 Å². The van der Waals surface area contributed by atoms with Gasteiger partial charge in [0.25, 0.3) is 0 Å². The number of nitrogens with two attached hydrogens (primary N) is 2. The summed E-state index contributed by atoms with van der Waals surface area (Å²) in [5.41, 5.74) is 11.1. The third kappa shape index (κ3) is 1.86. The van der Waals surface area contributed by atoms with Crippen molar-refractivity contribution in [3.05, 3.63) is 12.3 Å². The fraction of sp³-hybridized carbons (Fsp3) is 0.500. The second-order valence-electron chi connectivity index (χ2n) is 3.37. The monoisotopic (exact) mass is 179 g/mol. The number of hydrogen-bond acceptors (Lipinski definition) is 5. The Kier molecular flexibility index (Phi) is 2.02. The van der Waals surface area contributed by atoms with Gasteiger partial charge in [0.15, 0.2) is 0 Å². The van der Waals surface area contributed by atoms with Crippen LogP contribution < -0.4 is 16.8 Å². The lowest BCUT2D eigenvalue weighted by atomic mass is 9.88. The summed E-state index contributed by atoms with van der Waals surface area (Å²) in [6.45, 7) is 0. The zero-order valence-electron chi connectivity index (χ0n) is 7.27. The fourth-order valence-electron chi connectivity index (χ4n) is 1.44. The molecule has 5 nitrogen and oxygen atoms in total. The van der Waals surface area contributed by atoms with Crippen LogP contribution in [0.1, 0.15) is 12.8 Å². The molecule has 1 heterocycles. The van der Waals surface area contributed by atoms with Gasteiger partial charge in [0, 0.05) is 18.3 Å². The van der Waals surface area contributed by atoms with Gasteiger partial charge in [-0.25, -0.2) is 4.98 Å². The van der Waals surface area contributed by atoms with E-state index in [1.807, 2.05) is 0 Å². The van der Waals surface area contributed by atoms with Gasteiger partial charge in [0.2, 0.25) is 5.95 Å². The van der Waals surface area contributed by atoms with E-state index in [1.54, 1.807) is 12.3 Å². The third-order valence-electron chi connectivity index (χ3n) is 2.20. The summed E-state index contributed by atoms with van der Waals surface area (Å²) in [6, 6.07) is 2.60. The first kappa shape index (κ1) is 8.25. The van der Waals surface area contributed by atoms with Crippen molar-refractivity contribution >= 4 is 11.8 Å². The molecule has 1 fully saturated rings. The molecular weight excluding hydrogens is 166 g/mol. The molecule has 0 saturated heterocycles. The van der Waals surface area contributed by atoms with Crippen LogP contribution in [0.4, 0.5) is 11.8 Å². The van der Waals surface area contributed by atoms with Crippen molar-refractivity contribution in [1.29, 1.82) is 0 Å². The van der Waals surface area contributed by atoms with Gasteiger partial charge < -0.3 is 16.8 Å². The SMILES string of the molecule is Nc1nccc(N[C@H]2C[C@@H](N)C2)n1. The molecule has 0 aromatic carbocycles. The van der Waals surface area contributed by atoms with Crippen LogP contribution in [0.3, 0.4) is 0 Å². The molecule has 0 bridgehead atoms. The zero-order chi connectivity index (χ0) is 9.26. The van der Waals surface area contributed by atoms with Crippen LogP contribution in [0.25, 0.3) is 0 Å². The minimum absolute atomic E-state index is 0.300. The van der Waals surface area contributed by atoms with Gasteiger partial charge in [-0.3, -0.25) is 0 Å². The van der Waals surface area contributed by atoms with E-state index in [2.05, 4.69) is 15.3 Å². The van der Waals surface area contributed by atoms with Gasteiger partial charge in [-0.2, -0.15) is 4.98 Å². The first-order valence-electron chi connectivity index (χ1n) is 4.34. The first-order chi connectivity index (χ1) is 6.24. The summed E-state index contributed by atoms with van der Waals surface area (Å²) in [5.74, 6) is 1.08. The van der Waals surface area contributed by atoms with Gasteiger partial charge in [0.1, 0.15) is 5.82 Å². The highest BCUT2D eigenvalue weighted by molar-refractivity contribution is 5.39. The molecule has 0 atom stereocenters. The van der Waals surface area contributed by atoms with E-state index in [0.717, 1.165) is 18.7 Å². The highest BCUT2D eigenvalue weighted by atomic mass is 15.1. The largest absolute Gasteiger partial charge is 0.368 e. The molecule has 5 N–H and O–H groups in total. The minimum Gasteiger partial charge on any atom is -0.368 e. The smallest absolute Gasteiger partial charge is 0.221 e. The second-order valence-corrected chi connectivity index (χ2v) is 3.37. The zero-order valence-corrected chi connectivity index (χ0v) is 7.27. The molecule has 1 aromatic rings. The minimum atomic E-state index is 0.300. The summed E-state index contributed by atoms with van der Waals surface area (Å²) in [4.78, 5) is 7.84. The van der Waals surface area contributed by atoms with Gasteiger partial charge in [-0.1, -0.05) is 0 Å². The molecule has 70 valence electrons. The Labute approximate surface area is 76.6 Å². The van der Waals surface area contributed by atoms with Crippen LogP contribution in [0, 0.1) is 0 Å². The summed E-state index contributed by atoms with van der Waals surface area (Å²) < 4.78 is 0. The summed E-state index contributed by atoms with van der Waals surface area (Å²) in [5, 5.41) is 3.24. The van der Waals surface area contributed by atoms with Crippen molar-refractivity contribution in [2.24, 2.45) is 5.73 Å². The van der Waals surface area contributed by atoms with Gasteiger partial charge >= 0.3 is 0 Å². The normalized spacial score (nSPS) is 26.5. The van der Waals surface area contributed by atoms with Crippen molar-refractivity contribution < 1.29 is 0 Å². The molecule has 1 aliphatic carbocycles. The molecule has 0 radical (unpaired) electrons. The molecule has 1 aliphatic rings. The van der Waals surface area contributed by atoms with E-state index in [0.29, 0.717) is 18.0 Å². The number of rotatable bonds is 2. The number of anilines is 2. The van der Waals surface area contributed by atoms with Crippen LogP contribution in [-0.4, -0.2) is 22.1 Å². The van der Waals surface area contributed by atoms with Crippen molar-refractivity contribution in [3.63, 3.8) is 0 Å². The Morgan fingerprint density at radius 1 is 1.46 bits per heavy atom. The molecule has 0 amide bonds. The lowest BCUT2D eigenvalue weighted by molar-refractivity contribution is 0.373. The fourth-order valence-corrected chi connectivity index (χ4v) is 1.44. The molecule has 0 aliphatic heterocycles. The van der Waals surface area contributed by atoms with E-state index < -0.39 is 0 Å².